The van der Waals surface area contributed by atoms with Crippen LogP contribution in [0.1, 0.15) is 0 Å². The molecule has 1 aromatic heterocycles. The van der Waals surface area contributed by atoms with Crippen molar-refractivity contribution in [3.63, 3.8) is 0 Å². The fourth-order valence-electron chi connectivity index (χ4n) is 1.02. The van der Waals surface area contributed by atoms with E-state index < -0.39 is 16.0 Å². The lowest BCUT2D eigenvalue weighted by molar-refractivity contribution is -0.0875. The quantitative estimate of drug-likeness (QED) is 0.769. The van der Waals surface area contributed by atoms with Crippen LogP contribution < -0.4 is 0 Å². The highest BCUT2D eigenvalue weighted by Gasteiger charge is 2.47. The first kappa shape index (κ1) is 11.4. The Morgan fingerprint density at radius 3 is 2.44 bits per heavy atom. The molecule has 0 saturated carbocycles. The molecule has 0 aliphatic carbocycles. The molecule has 0 spiro atoms. The van der Waals surface area contributed by atoms with Gasteiger partial charge < -0.3 is 0 Å². The van der Waals surface area contributed by atoms with E-state index in [1.54, 1.807) is 30.3 Å². The molecule has 16 heavy (non-hydrogen) atoms. The highest BCUT2D eigenvalue weighted by Crippen LogP contribution is 2.48. The minimum absolute atomic E-state index is 0.00120. The van der Waals surface area contributed by atoms with E-state index in [1.165, 1.54) is 0 Å². The summed E-state index contributed by atoms with van der Waals surface area (Å²) in [4.78, 5) is 0.730. The molecule has 0 saturated heterocycles. The molecule has 1 unspecified atom stereocenters. The third-order valence-electron chi connectivity index (χ3n) is 1.68. The van der Waals surface area contributed by atoms with Crippen LogP contribution in [0.3, 0.4) is 0 Å². The fourth-order valence-corrected chi connectivity index (χ4v) is 3.35. The molecule has 0 aliphatic heterocycles. The average Bonchev–Trinajstić information content (AvgIpc) is 2.67. The van der Waals surface area contributed by atoms with Crippen molar-refractivity contribution in [1.82, 2.24) is 10.2 Å². The van der Waals surface area contributed by atoms with E-state index in [0.29, 0.717) is 0 Å². The Morgan fingerprint density at radius 1 is 1.12 bits per heavy atom. The third kappa shape index (κ3) is 2.53. The maximum atomic E-state index is 12.5. The number of rotatable bonds is 2. The average molecular weight is 263 g/mol. The molecule has 2 nitrogen and oxygen atoms in total. The van der Waals surface area contributed by atoms with Gasteiger partial charge in [-0.15, -0.1) is 13.2 Å². The van der Waals surface area contributed by atoms with Crippen LogP contribution in [0.4, 0.5) is 13.2 Å². The third-order valence-corrected chi connectivity index (χ3v) is 4.49. The Kier molecular flexibility index (Phi) is 3.15. The lowest BCUT2D eigenvalue weighted by atomic mass is 10.4. The lowest BCUT2D eigenvalue weighted by Gasteiger charge is -1.96. The Hall–Kier alpha value is -1.08. The number of halogens is 3. The standard InChI is InChI=1S/C9H6F3N2S2/c10-9(11,12)16-6-13-14-8(16)15-7-4-2-1-3-5-7/h1-6H/q+1. The van der Waals surface area contributed by atoms with Gasteiger partial charge in [-0.2, -0.15) is 0 Å². The van der Waals surface area contributed by atoms with E-state index in [1.807, 2.05) is 0 Å². The van der Waals surface area contributed by atoms with Gasteiger partial charge in [0.25, 0.3) is 5.51 Å². The van der Waals surface area contributed by atoms with Crippen molar-refractivity contribution in [3.05, 3.63) is 35.8 Å². The number of hydrogen-bond acceptors (Lipinski definition) is 3. The van der Waals surface area contributed by atoms with Gasteiger partial charge >= 0.3 is 9.85 Å². The normalized spacial score (nSPS) is 12.8. The summed E-state index contributed by atoms with van der Waals surface area (Å²) in [6.07, 6.45) is 0. The second-order valence-corrected chi connectivity index (χ2v) is 5.84. The molecule has 0 N–H and O–H groups in total. The highest BCUT2D eigenvalue weighted by molar-refractivity contribution is 8.01. The molecular formula is C9H6F3N2S2+. The zero-order valence-electron chi connectivity index (χ0n) is 7.81. The molecule has 1 aromatic carbocycles. The van der Waals surface area contributed by atoms with Crippen LogP contribution in [-0.4, -0.2) is 10.2 Å². The summed E-state index contributed by atoms with van der Waals surface area (Å²) in [5.74, 6) is 0. The maximum absolute atomic E-state index is 12.5. The van der Waals surface area contributed by atoms with Crippen LogP contribution in [-0.2, 0) is 5.51 Å². The number of hydrogen-bond donors (Lipinski definition) is 0. The van der Waals surface area contributed by atoms with Crippen LogP contribution in [0, 0.1) is 0 Å². The lowest BCUT2D eigenvalue weighted by Crippen LogP contribution is -1.95. The largest absolute Gasteiger partial charge is 0.604 e. The number of benzene rings is 1. The van der Waals surface area contributed by atoms with Crippen molar-refractivity contribution >= 4 is 22.2 Å². The molecule has 0 bridgehead atoms. The van der Waals surface area contributed by atoms with Crippen molar-refractivity contribution in [1.29, 1.82) is 0 Å². The number of alkyl halides is 3. The summed E-state index contributed by atoms with van der Waals surface area (Å²) in [5, 5.41) is 6.86. The van der Waals surface area contributed by atoms with Crippen LogP contribution in [0.15, 0.2) is 45.1 Å². The van der Waals surface area contributed by atoms with E-state index >= 15 is 0 Å². The van der Waals surface area contributed by atoms with Gasteiger partial charge in [0, 0.05) is 4.90 Å². The van der Waals surface area contributed by atoms with E-state index in [2.05, 4.69) is 10.2 Å². The van der Waals surface area contributed by atoms with Crippen molar-refractivity contribution in [3.8, 4) is 0 Å². The molecule has 2 aromatic rings. The van der Waals surface area contributed by atoms with E-state index in [-0.39, 0.29) is 4.34 Å². The van der Waals surface area contributed by atoms with Crippen molar-refractivity contribution in [2.45, 2.75) is 14.7 Å². The van der Waals surface area contributed by atoms with Crippen molar-refractivity contribution < 1.29 is 13.2 Å². The van der Waals surface area contributed by atoms with Gasteiger partial charge in [0.05, 0.1) is 0 Å². The molecule has 0 fully saturated rings. The minimum atomic E-state index is -4.29. The topological polar surface area (TPSA) is 25.8 Å². The molecule has 1 atom stereocenters. The molecule has 7 heteroatoms. The van der Waals surface area contributed by atoms with E-state index in [4.69, 9.17) is 0 Å². The van der Waals surface area contributed by atoms with Gasteiger partial charge in [-0.1, -0.05) is 28.4 Å². The van der Waals surface area contributed by atoms with Gasteiger partial charge in [-0.05, 0) is 23.9 Å². The Bertz CT molecular complexity index is 467. The van der Waals surface area contributed by atoms with Gasteiger partial charge in [-0.3, -0.25) is 0 Å². The molecule has 0 aliphatic rings. The Labute approximate surface area is 96.5 Å². The maximum Gasteiger partial charge on any atom is 0.604 e. The van der Waals surface area contributed by atoms with Crippen molar-refractivity contribution in [2.24, 2.45) is 0 Å². The molecule has 84 valence electrons. The number of aromatic nitrogens is 2. The van der Waals surface area contributed by atoms with Gasteiger partial charge in [0.15, 0.2) is 0 Å². The smallest absolute Gasteiger partial charge is 0.118 e. The fraction of sp³-hybridized carbons (Fsp3) is 0.111. The number of nitrogens with zero attached hydrogens (tertiary/aromatic N) is 2. The molecule has 2 rings (SSSR count). The first-order chi connectivity index (χ1) is 7.57. The first-order valence-corrected chi connectivity index (χ1v) is 6.32. The highest BCUT2D eigenvalue weighted by atomic mass is 32.2. The van der Waals surface area contributed by atoms with Crippen LogP contribution in [0.5, 0.6) is 0 Å². The van der Waals surface area contributed by atoms with E-state index in [0.717, 1.165) is 22.2 Å². The summed E-state index contributed by atoms with van der Waals surface area (Å²) in [6, 6.07) is 8.82. The monoisotopic (exact) mass is 263 g/mol. The van der Waals surface area contributed by atoms with Gasteiger partial charge in [0.1, 0.15) is 10.5 Å². The van der Waals surface area contributed by atoms with Crippen LogP contribution in [0.2, 0.25) is 0 Å². The molecular weight excluding hydrogens is 257 g/mol. The summed E-state index contributed by atoms with van der Waals surface area (Å²) >= 11 is 1.00. The van der Waals surface area contributed by atoms with Crippen molar-refractivity contribution in [2.75, 3.05) is 0 Å². The first-order valence-electron chi connectivity index (χ1n) is 4.21. The summed E-state index contributed by atoms with van der Waals surface area (Å²) < 4.78 is 37.6. The van der Waals surface area contributed by atoms with Crippen LogP contribution >= 0.6 is 22.2 Å². The molecule has 0 amide bonds. The molecule has 1 heterocycles. The summed E-state index contributed by atoms with van der Waals surface area (Å²) in [5.41, 5.74) is -3.44. The second kappa shape index (κ2) is 4.42. The van der Waals surface area contributed by atoms with Gasteiger partial charge in [-0.25, -0.2) is 0 Å². The SMILES string of the molecule is FC(F)(F)[s+]1cnnc1Sc1ccccc1. The zero-order valence-corrected chi connectivity index (χ0v) is 9.44. The summed E-state index contributed by atoms with van der Waals surface area (Å²) in [7, 11) is -1.96. The Morgan fingerprint density at radius 2 is 1.81 bits per heavy atom. The Balaban J connectivity index is 2.26. The van der Waals surface area contributed by atoms with Crippen LogP contribution in [0.25, 0.3) is 0 Å². The second-order valence-electron chi connectivity index (χ2n) is 2.79. The molecule has 0 radical (unpaired) electrons. The minimum Gasteiger partial charge on any atom is -0.118 e. The predicted molar refractivity (Wildman–Crippen MR) is 56.4 cm³/mol. The summed E-state index contributed by atoms with van der Waals surface area (Å²) in [6.45, 7) is 0. The predicted octanol–water partition coefficient (Wildman–Crippen LogP) is 3.85. The van der Waals surface area contributed by atoms with Gasteiger partial charge in [0.2, 0.25) is 0 Å². The zero-order chi connectivity index (χ0) is 11.6. The van der Waals surface area contributed by atoms with E-state index in [9.17, 15) is 13.2 Å².